The minimum absolute atomic E-state index is 0.306. The molecule has 0 bridgehead atoms. The Morgan fingerprint density at radius 1 is 1.18 bits per heavy atom. The van der Waals surface area contributed by atoms with Crippen LogP contribution in [0.1, 0.15) is 30.2 Å². The Bertz CT molecular complexity index is 382. The van der Waals surface area contributed by atoms with Crippen molar-refractivity contribution in [2.24, 2.45) is 0 Å². The first-order chi connectivity index (χ1) is 8.09. The van der Waals surface area contributed by atoms with E-state index in [-0.39, 0.29) is 5.56 Å². The van der Waals surface area contributed by atoms with E-state index in [1.807, 2.05) is 0 Å². The van der Waals surface area contributed by atoms with Crippen molar-refractivity contribution in [1.29, 1.82) is 0 Å². The van der Waals surface area contributed by atoms with E-state index >= 15 is 0 Å². The highest BCUT2D eigenvalue weighted by atomic mass is 35.5. The van der Waals surface area contributed by atoms with Crippen LogP contribution in [0.3, 0.4) is 0 Å². The van der Waals surface area contributed by atoms with Gasteiger partial charge in [-0.3, -0.25) is 0 Å². The van der Waals surface area contributed by atoms with Gasteiger partial charge in [0.05, 0.1) is 11.5 Å². The molecule has 0 N–H and O–H groups in total. The minimum Gasteiger partial charge on any atom is -0.376 e. The smallest absolute Gasteiger partial charge is 0.133 e. The van der Waals surface area contributed by atoms with Crippen LogP contribution in [0.2, 0.25) is 0 Å². The van der Waals surface area contributed by atoms with Crippen molar-refractivity contribution in [2.45, 2.75) is 30.7 Å². The van der Waals surface area contributed by atoms with Gasteiger partial charge in [-0.15, -0.1) is 11.6 Å². The second kappa shape index (κ2) is 5.27. The van der Waals surface area contributed by atoms with Gasteiger partial charge in [-0.25, -0.2) is 13.2 Å². The predicted molar refractivity (Wildman–Crippen MR) is 58.5 cm³/mol. The number of hydrogen-bond donors (Lipinski definition) is 0. The van der Waals surface area contributed by atoms with E-state index in [0.717, 1.165) is 12.8 Å². The Morgan fingerprint density at radius 2 is 1.82 bits per heavy atom. The van der Waals surface area contributed by atoms with Crippen LogP contribution in [-0.2, 0) is 4.74 Å². The molecule has 1 aliphatic heterocycles. The third-order valence-corrected chi connectivity index (χ3v) is 3.36. The van der Waals surface area contributed by atoms with Crippen molar-refractivity contribution in [3.63, 3.8) is 0 Å². The zero-order valence-electron chi connectivity index (χ0n) is 9.06. The maximum Gasteiger partial charge on any atom is 0.133 e. The average molecular weight is 265 g/mol. The number of benzene rings is 1. The van der Waals surface area contributed by atoms with E-state index in [0.29, 0.717) is 25.2 Å². The molecule has 1 aliphatic rings. The first kappa shape index (κ1) is 12.7. The molecule has 2 atom stereocenters. The summed E-state index contributed by atoms with van der Waals surface area (Å²) in [5.74, 6) is -2.87. The molecule has 2 unspecified atom stereocenters. The van der Waals surface area contributed by atoms with Crippen LogP contribution >= 0.6 is 11.6 Å². The first-order valence-electron chi connectivity index (χ1n) is 5.49. The molecule has 94 valence electrons. The number of alkyl halides is 1. The SMILES string of the molecule is Fc1cc(F)c(C(Cl)C2CCCCO2)c(F)c1. The van der Waals surface area contributed by atoms with Crippen molar-refractivity contribution in [3.05, 3.63) is 35.1 Å². The van der Waals surface area contributed by atoms with Crippen LogP contribution in [-0.4, -0.2) is 12.7 Å². The molecule has 1 heterocycles. The maximum atomic E-state index is 13.5. The van der Waals surface area contributed by atoms with E-state index < -0.39 is 28.9 Å². The second-order valence-electron chi connectivity index (χ2n) is 4.09. The fourth-order valence-corrected chi connectivity index (χ4v) is 2.41. The Morgan fingerprint density at radius 3 is 2.35 bits per heavy atom. The van der Waals surface area contributed by atoms with Crippen LogP contribution in [0, 0.1) is 17.5 Å². The lowest BCUT2D eigenvalue weighted by Gasteiger charge is -2.27. The first-order valence-corrected chi connectivity index (χ1v) is 5.93. The van der Waals surface area contributed by atoms with Gasteiger partial charge in [-0.1, -0.05) is 0 Å². The van der Waals surface area contributed by atoms with Crippen molar-refractivity contribution in [2.75, 3.05) is 6.61 Å². The predicted octanol–water partition coefficient (Wildman–Crippen LogP) is 3.95. The molecule has 2 rings (SSSR count). The molecular weight excluding hydrogens is 253 g/mol. The highest BCUT2D eigenvalue weighted by Gasteiger charge is 2.29. The van der Waals surface area contributed by atoms with Gasteiger partial charge in [-0.2, -0.15) is 0 Å². The lowest BCUT2D eigenvalue weighted by atomic mass is 10.00. The molecule has 1 fully saturated rings. The van der Waals surface area contributed by atoms with Gasteiger partial charge >= 0.3 is 0 Å². The molecule has 0 aromatic heterocycles. The molecule has 0 amide bonds. The number of hydrogen-bond acceptors (Lipinski definition) is 1. The van der Waals surface area contributed by atoms with Crippen LogP contribution in [0.4, 0.5) is 13.2 Å². The highest BCUT2D eigenvalue weighted by Crippen LogP contribution is 2.34. The largest absolute Gasteiger partial charge is 0.376 e. The second-order valence-corrected chi connectivity index (χ2v) is 4.56. The maximum absolute atomic E-state index is 13.5. The lowest BCUT2D eigenvalue weighted by molar-refractivity contribution is 0.0125. The van der Waals surface area contributed by atoms with E-state index in [4.69, 9.17) is 16.3 Å². The summed E-state index contributed by atoms with van der Waals surface area (Å²) >= 11 is 6.02. The summed E-state index contributed by atoms with van der Waals surface area (Å²) < 4.78 is 45.1. The summed E-state index contributed by atoms with van der Waals surface area (Å²) in [6.45, 7) is 0.540. The molecule has 1 aromatic rings. The lowest BCUT2D eigenvalue weighted by Crippen LogP contribution is -2.25. The van der Waals surface area contributed by atoms with Crippen molar-refractivity contribution >= 4 is 11.6 Å². The normalized spacial score (nSPS) is 22.5. The zero-order chi connectivity index (χ0) is 12.4. The van der Waals surface area contributed by atoms with Crippen molar-refractivity contribution < 1.29 is 17.9 Å². The molecule has 1 aromatic carbocycles. The average Bonchev–Trinajstić information content (AvgIpc) is 2.28. The summed E-state index contributed by atoms with van der Waals surface area (Å²) in [4.78, 5) is 0. The molecule has 0 aliphatic carbocycles. The van der Waals surface area contributed by atoms with E-state index in [2.05, 4.69) is 0 Å². The van der Waals surface area contributed by atoms with Crippen LogP contribution in [0.5, 0.6) is 0 Å². The molecular formula is C12H12ClF3O. The third-order valence-electron chi connectivity index (χ3n) is 2.86. The van der Waals surface area contributed by atoms with Gasteiger partial charge in [0.25, 0.3) is 0 Å². The quantitative estimate of drug-likeness (QED) is 0.735. The number of rotatable bonds is 2. The van der Waals surface area contributed by atoms with Gasteiger partial charge in [-0.05, 0) is 19.3 Å². The Labute approximate surface area is 103 Å². The Balaban J connectivity index is 2.26. The summed E-state index contributed by atoms with van der Waals surface area (Å²) in [7, 11) is 0. The minimum atomic E-state index is -0.961. The third kappa shape index (κ3) is 2.75. The van der Waals surface area contributed by atoms with E-state index in [1.54, 1.807) is 0 Å². The topological polar surface area (TPSA) is 9.23 Å². The van der Waals surface area contributed by atoms with Crippen molar-refractivity contribution in [3.8, 4) is 0 Å². The van der Waals surface area contributed by atoms with Gasteiger partial charge in [0.15, 0.2) is 0 Å². The molecule has 0 saturated carbocycles. The van der Waals surface area contributed by atoms with Crippen LogP contribution in [0.25, 0.3) is 0 Å². The van der Waals surface area contributed by atoms with Gasteiger partial charge in [0.2, 0.25) is 0 Å². The monoisotopic (exact) mass is 264 g/mol. The molecule has 17 heavy (non-hydrogen) atoms. The van der Waals surface area contributed by atoms with Gasteiger partial charge in [0, 0.05) is 24.3 Å². The van der Waals surface area contributed by atoms with Crippen molar-refractivity contribution in [1.82, 2.24) is 0 Å². The number of halogens is 4. The molecule has 0 spiro atoms. The molecule has 5 heteroatoms. The summed E-state index contributed by atoms with van der Waals surface area (Å²) in [5, 5.41) is -0.920. The highest BCUT2D eigenvalue weighted by molar-refractivity contribution is 6.21. The fourth-order valence-electron chi connectivity index (χ4n) is 2.00. The molecule has 1 saturated heterocycles. The zero-order valence-corrected chi connectivity index (χ0v) is 9.81. The Kier molecular flexibility index (Phi) is 3.94. The summed E-state index contributed by atoms with van der Waals surface area (Å²) in [6.07, 6.45) is 2.08. The summed E-state index contributed by atoms with van der Waals surface area (Å²) in [6, 6.07) is 1.27. The standard InChI is InChI=1S/C12H12ClF3O/c13-12(10-3-1-2-4-17-10)11-8(15)5-7(14)6-9(11)16/h5-6,10,12H,1-4H2. The van der Waals surface area contributed by atoms with Gasteiger partial charge in [0.1, 0.15) is 17.5 Å². The van der Waals surface area contributed by atoms with Crippen LogP contribution in [0.15, 0.2) is 12.1 Å². The van der Waals surface area contributed by atoms with Crippen LogP contribution < -0.4 is 0 Å². The van der Waals surface area contributed by atoms with E-state index in [1.165, 1.54) is 0 Å². The van der Waals surface area contributed by atoms with E-state index in [9.17, 15) is 13.2 Å². The summed E-state index contributed by atoms with van der Waals surface area (Å²) in [5.41, 5.74) is -0.306. The Hall–Kier alpha value is -0.740. The number of ether oxygens (including phenoxy) is 1. The van der Waals surface area contributed by atoms with Gasteiger partial charge < -0.3 is 4.74 Å². The molecule has 1 nitrogen and oxygen atoms in total. The molecule has 0 radical (unpaired) electrons. The fraction of sp³-hybridized carbons (Fsp3) is 0.500.